The molecule has 0 N–H and O–H groups in total. The first-order chi connectivity index (χ1) is 6.68. The monoisotopic (exact) mass is 290 g/mol. The molecule has 2 aromatic rings. The minimum Gasteiger partial charge on any atom is -0.464 e. The smallest absolute Gasteiger partial charge is 0.133 e. The molecule has 0 aliphatic rings. The van der Waals surface area contributed by atoms with E-state index < -0.39 is 0 Å². The summed E-state index contributed by atoms with van der Waals surface area (Å²) >= 11 is 15.2. The van der Waals surface area contributed by atoms with Crippen molar-refractivity contribution in [3.8, 4) is 11.3 Å². The second-order valence-corrected chi connectivity index (χ2v) is 4.37. The lowest BCUT2D eigenvalue weighted by Gasteiger charge is -2.02. The molecule has 0 aliphatic carbocycles. The number of halogens is 3. The maximum atomic E-state index is 5.93. The Hall–Kier alpha value is -0.440. The van der Waals surface area contributed by atoms with Crippen LogP contribution >= 0.6 is 39.1 Å². The summed E-state index contributed by atoms with van der Waals surface area (Å²) in [4.78, 5) is 0. The van der Waals surface area contributed by atoms with Crippen molar-refractivity contribution >= 4 is 39.1 Å². The Morgan fingerprint density at radius 2 is 2.00 bits per heavy atom. The van der Waals surface area contributed by atoms with Gasteiger partial charge in [0.25, 0.3) is 0 Å². The molecule has 0 radical (unpaired) electrons. The van der Waals surface area contributed by atoms with Crippen molar-refractivity contribution in [2.45, 2.75) is 0 Å². The lowest BCUT2D eigenvalue weighted by atomic mass is 10.2. The Labute approximate surface area is 99.8 Å². The van der Waals surface area contributed by atoms with Crippen LogP contribution in [0, 0.1) is 0 Å². The Morgan fingerprint density at radius 1 is 1.21 bits per heavy atom. The zero-order valence-electron chi connectivity index (χ0n) is 6.93. The molecule has 4 heteroatoms. The summed E-state index contributed by atoms with van der Waals surface area (Å²) in [5.74, 6) is 0.768. The normalized spacial score (nSPS) is 10.5. The van der Waals surface area contributed by atoms with Gasteiger partial charge in [-0.15, -0.1) is 0 Å². The topological polar surface area (TPSA) is 13.1 Å². The molecule has 1 nitrogen and oxygen atoms in total. The van der Waals surface area contributed by atoms with Crippen molar-refractivity contribution in [1.29, 1.82) is 0 Å². The standard InChI is InChI=1S/C10H5BrCl2O/c11-7-4-6(5-8(12)10(7)13)9-2-1-3-14-9/h1-5H. The number of rotatable bonds is 1. The molecular weight excluding hydrogens is 287 g/mol. The van der Waals surface area contributed by atoms with Crippen molar-refractivity contribution in [3.05, 3.63) is 45.0 Å². The van der Waals surface area contributed by atoms with Gasteiger partial charge in [0.2, 0.25) is 0 Å². The predicted octanol–water partition coefficient (Wildman–Crippen LogP) is 5.02. The van der Waals surface area contributed by atoms with E-state index in [1.807, 2.05) is 18.2 Å². The van der Waals surface area contributed by atoms with Gasteiger partial charge in [-0.05, 0) is 40.2 Å². The third-order valence-electron chi connectivity index (χ3n) is 1.79. The quantitative estimate of drug-likeness (QED) is 0.673. The van der Waals surface area contributed by atoms with Crippen LogP contribution in [0.4, 0.5) is 0 Å². The fraction of sp³-hybridized carbons (Fsp3) is 0. The van der Waals surface area contributed by atoms with Crippen LogP contribution in [-0.2, 0) is 0 Å². The molecular formula is C10H5BrCl2O. The highest BCUT2D eigenvalue weighted by atomic mass is 79.9. The summed E-state index contributed by atoms with van der Waals surface area (Å²) in [6, 6.07) is 7.33. The Balaban J connectivity index is 2.57. The van der Waals surface area contributed by atoms with Gasteiger partial charge >= 0.3 is 0 Å². The van der Waals surface area contributed by atoms with Crippen LogP contribution in [-0.4, -0.2) is 0 Å². The van der Waals surface area contributed by atoms with Gasteiger partial charge in [-0.2, -0.15) is 0 Å². The molecule has 0 amide bonds. The molecule has 1 aromatic carbocycles. The average Bonchev–Trinajstić information content (AvgIpc) is 2.66. The molecule has 0 saturated heterocycles. The summed E-state index contributed by atoms with van der Waals surface area (Å²) in [7, 11) is 0. The number of benzene rings is 1. The van der Waals surface area contributed by atoms with E-state index in [2.05, 4.69) is 15.9 Å². The van der Waals surface area contributed by atoms with Gasteiger partial charge in [0.15, 0.2) is 0 Å². The van der Waals surface area contributed by atoms with Crippen LogP contribution in [0.25, 0.3) is 11.3 Å². The lowest BCUT2D eigenvalue weighted by Crippen LogP contribution is -1.77. The van der Waals surface area contributed by atoms with Gasteiger partial charge in [-0.3, -0.25) is 0 Å². The zero-order valence-corrected chi connectivity index (χ0v) is 10.0. The average molecular weight is 292 g/mol. The van der Waals surface area contributed by atoms with Crippen LogP contribution in [0.3, 0.4) is 0 Å². The zero-order chi connectivity index (χ0) is 10.1. The van der Waals surface area contributed by atoms with Crippen molar-refractivity contribution in [2.75, 3.05) is 0 Å². The van der Waals surface area contributed by atoms with Crippen LogP contribution in [0.5, 0.6) is 0 Å². The molecule has 0 atom stereocenters. The Kier molecular flexibility index (Phi) is 2.86. The highest BCUT2D eigenvalue weighted by molar-refractivity contribution is 9.10. The van der Waals surface area contributed by atoms with E-state index in [1.165, 1.54) is 0 Å². The highest BCUT2D eigenvalue weighted by Crippen LogP contribution is 2.35. The van der Waals surface area contributed by atoms with Crippen molar-refractivity contribution in [1.82, 2.24) is 0 Å². The molecule has 0 bridgehead atoms. The highest BCUT2D eigenvalue weighted by Gasteiger charge is 2.08. The Morgan fingerprint density at radius 3 is 2.57 bits per heavy atom. The van der Waals surface area contributed by atoms with Crippen LogP contribution < -0.4 is 0 Å². The fourth-order valence-electron chi connectivity index (χ4n) is 1.14. The minimum atomic E-state index is 0.507. The van der Waals surface area contributed by atoms with Gasteiger partial charge in [-0.1, -0.05) is 23.2 Å². The maximum Gasteiger partial charge on any atom is 0.133 e. The Bertz CT molecular complexity index is 428. The number of hydrogen-bond acceptors (Lipinski definition) is 1. The van der Waals surface area contributed by atoms with Gasteiger partial charge in [-0.25, -0.2) is 0 Å². The second kappa shape index (κ2) is 3.97. The molecule has 0 aliphatic heterocycles. The molecule has 0 unspecified atom stereocenters. The van der Waals surface area contributed by atoms with Gasteiger partial charge in [0.1, 0.15) is 5.76 Å². The summed E-state index contributed by atoms with van der Waals surface area (Å²) in [5, 5.41) is 1.02. The van der Waals surface area contributed by atoms with Gasteiger partial charge in [0, 0.05) is 10.0 Å². The summed E-state index contributed by atoms with van der Waals surface area (Å²) in [6.45, 7) is 0. The van der Waals surface area contributed by atoms with Gasteiger partial charge in [0.05, 0.1) is 16.3 Å². The first kappa shape index (κ1) is 10.1. The largest absolute Gasteiger partial charge is 0.464 e. The van der Waals surface area contributed by atoms with Gasteiger partial charge < -0.3 is 4.42 Å². The van der Waals surface area contributed by atoms with Crippen LogP contribution in [0.1, 0.15) is 0 Å². The van der Waals surface area contributed by atoms with E-state index in [4.69, 9.17) is 27.6 Å². The van der Waals surface area contributed by atoms with Crippen LogP contribution in [0.2, 0.25) is 10.0 Å². The summed E-state index contributed by atoms with van der Waals surface area (Å²) in [5.41, 5.74) is 0.899. The number of hydrogen-bond donors (Lipinski definition) is 0. The van der Waals surface area contributed by atoms with Crippen molar-refractivity contribution in [3.63, 3.8) is 0 Å². The van der Waals surface area contributed by atoms with Crippen molar-refractivity contribution in [2.24, 2.45) is 0 Å². The molecule has 2 rings (SSSR count). The summed E-state index contributed by atoms with van der Waals surface area (Å²) in [6.07, 6.45) is 1.62. The third-order valence-corrected chi connectivity index (χ3v) is 3.45. The maximum absolute atomic E-state index is 5.93. The summed E-state index contributed by atoms with van der Waals surface area (Å²) < 4.78 is 6.01. The van der Waals surface area contributed by atoms with E-state index in [1.54, 1.807) is 12.3 Å². The molecule has 72 valence electrons. The minimum absolute atomic E-state index is 0.507. The van der Waals surface area contributed by atoms with E-state index in [9.17, 15) is 0 Å². The van der Waals surface area contributed by atoms with Crippen molar-refractivity contribution < 1.29 is 4.42 Å². The molecule has 1 heterocycles. The molecule has 0 fully saturated rings. The second-order valence-electron chi connectivity index (χ2n) is 2.73. The predicted molar refractivity (Wildman–Crippen MR) is 61.9 cm³/mol. The molecule has 1 aromatic heterocycles. The lowest BCUT2D eigenvalue weighted by molar-refractivity contribution is 0.582. The van der Waals surface area contributed by atoms with E-state index in [0.717, 1.165) is 15.8 Å². The third kappa shape index (κ3) is 1.83. The van der Waals surface area contributed by atoms with E-state index in [0.29, 0.717) is 10.0 Å². The number of furan rings is 1. The molecule has 0 spiro atoms. The fourth-order valence-corrected chi connectivity index (χ4v) is 2.04. The SMILES string of the molecule is Clc1cc(-c2ccco2)cc(Br)c1Cl. The molecule has 0 saturated carbocycles. The van der Waals surface area contributed by atoms with Crippen LogP contribution in [0.15, 0.2) is 39.4 Å². The van der Waals surface area contributed by atoms with E-state index in [-0.39, 0.29) is 0 Å². The molecule has 14 heavy (non-hydrogen) atoms. The first-order valence-corrected chi connectivity index (χ1v) is 5.42. The van der Waals surface area contributed by atoms with E-state index >= 15 is 0 Å². The first-order valence-electron chi connectivity index (χ1n) is 3.87.